The zero-order valence-electron chi connectivity index (χ0n) is 11.6. The fourth-order valence-electron chi connectivity index (χ4n) is 2.17. The highest BCUT2D eigenvalue weighted by molar-refractivity contribution is 9.10. The number of benzene rings is 2. The van der Waals surface area contributed by atoms with E-state index in [2.05, 4.69) is 68.4 Å². The van der Waals surface area contributed by atoms with Crippen molar-refractivity contribution in [3.05, 3.63) is 50.4 Å². The minimum absolute atomic E-state index is 0.598. The Bertz CT molecular complexity index is 674. The van der Waals surface area contributed by atoms with Gasteiger partial charge in [0, 0.05) is 16.7 Å². The molecule has 0 amide bonds. The Morgan fingerprint density at radius 2 is 1.86 bits per heavy atom. The van der Waals surface area contributed by atoms with E-state index in [0.29, 0.717) is 13.2 Å². The number of aryl methyl sites for hydroxylation is 1. The molecular formula is C16H15Br2NO2. The van der Waals surface area contributed by atoms with E-state index in [-0.39, 0.29) is 0 Å². The van der Waals surface area contributed by atoms with Crippen LogP contribution >= 0.6 is 31.9 Å². The molecule has 1 N–H and O–H groups in total. The van der Waals surface area contributed by atoms with E-state index in [9.17, 15) is 0 Å². The van der Waals surface area contributed by atoms with Crippen LogP contribution in [0.3, 0.4) is 0 Å². The number of fused-ring (bicyclic) bond motifs is 1. The van der Waals surface area contributed by atoms with Crippen molar-refractivity contribution in [2.45, 2.75) is 13.5 Å². The molecule has 0 saturated heterocycles. The van der Waals surface area contributed by atoms with Gasteiger partial charge in [-0.1, -0.05) is 22.0 Å². The fraction of sp³-hybridized carbons (Fsp3) is 0.250. The number of halogens is 2. The lowest BCUT2D eigenvalue weighted by molar-refractivity contribution is 0.170. The van der Waals surface area contributed by atoms with Gasteiger partial charge in [0.25, 0.3) is 0 Å². The summed E-state index contributed by atoms with van der Waals surface area (Å²) in [6.07, 6.45) is 0. The molecule has 0 bridgehead atoms. The topological polar surface area (TPSA) is 30.5 Å². The molecule has 2 aromatic rings. The molecule has 3 rings (SSSR count). The Morgan fingerprint density at radius 1 is 1.05 bits per heavy atom. The Labute approximate surface area is 140 Å². The van der Waals surface area contributed by atoms with Crippen molar-refractivity contribution in [3.63, 3.8) is 0 Å². The number of anilines is 1. The lowest BCUT2D eigenvalue weighted by Gasteiger charge is -2.20. The number of ether oxygens (including phenoxy) is 2. The monoisotopic (exact) mass is 411 g/mol. The third-order valence-electron chi connectivity index (χ3n) is 3.33. The summed E-state index contributed by atoms with van der Waals surface area (Å²) in [5.41, 5.74) is 3.45. The SMILES string of the molecule is Cc1ccc(NCc2cc(Br)c3c(c2)OCCO3)cc1Br. The molecule has 0 unspecified atom stereocenters. The number of nitrogens with one attached hydrogen (secondary N) is 1. The zero-order chi connectivity index (χ0) is 14.8. The summed E-state index contributed by atoms with van der Waals surface area (Å²) in [5.74, 6) is 1.60. The molecule has 21 heavy (non-hydrogen) atoms. The lowest BCUT2D eigenvalue weighted by atomic mass is 10.1. The van der Waals surface area contributed by atoms with E-state index in [0.717, 1.165) is 38.2 Å². The molecule has 0 radical (unpaired) electrons. The van der Waals surface area contributed by atoms with Crippen molar-refractivity contribution in [2.24, 2.45) is 0 Å². The Morgan fingerprint density at radius 3 is 2.67 bits per heavy atom. The second-order valence-electron chi connectivity index (χ2n) is 4.92. The van der Waals surface area contributed by atoms with E-state index >= 15 is 0 Å². The highest BCUT2D eigenvalue weighted by atomic mass is 79.9. The molecule has 0 spiro atoms. The molecule has 0 saturated carbocycles. The molecular weight excluding hydrogens is 398 g/mol. The standard InChI is InChI=1S/C16H15Br2NO2/c1-10-2-3-12(8-13(10)17)19-9-11-6-14(18)16-15(7-11)20-4-5-21-16/h2-3,6-8,19H,4-5,9H2,1H3. The van der Waals surface area contributed by atoms with E-state index in [1.165, 1.54) is 5.56 Å². The van der Waals surface area contributed by atoms with Crippen LogP contribution in [-0.4, -0.2) is 13.2 Å². The summed E-state index contributed by atoms with van der Waals surface area (Å²) in [5, 5.41) is 3.42. The molecule has 0 aliphatic carbocycles. The van der Waals surface area contributed by atoms with Crippen LogP contribution < -0.4 is 14.8 Å². The normalized spacial score (nSPS) is 13.1. The van der Waals surface area contributed by atoms with Gasteiger partial charge in [-0.05, 0) is 58.2 Å². The molecule has 1 aliphatic heterocycles. The maximum atomic E-state index is 5.64. The quantitative estimate of drug-likeness (QED) is 0.777. The van der Waals surface area contributed by atoms with Crippen LogP contribution in [0.4, 0.5) is 5.69 Å². The molecule has 1 heterocycles. The molecule has 110 valence electrons. The summed E-state index contributed by atoms with van der Waals surface area (Å²) >= 11 is 7.09. The third-order valence-corrected chi connectivity index (χ3v) is 4.77. The van der Waals surface area contributed by atoms with E-state index in [1.54, 1.807) is 0 Å². The summed E-state index contributed by atoms with van der Waals surface area (Å²) in [4.78, 5) is 0. The minimum atomic E-state index is 0.598. The Balaban J connectivity index is 1.76. The van der Waals surface area contributed by atoms with Crippen LogP contribution in [0.15, 0.2) is 39.3 Å². The number of hydrogen-bond donors (Lipinski definition) is 1. The van der Waals surface area contributed by atoms with E-state index in [1.807, 2.05) is 6.07 Å². The molecule has 5 heteroatoms. The van der Waals surface area contributed by atoms with Crippen molar-refractivity contribution in [1.82, 2.24) is 0 Å². The van der Waals surface area contributed by atoms with Gasteiger partial charge in [-0.3, -0.25) is 0 Å². The molecule has 0 fully saturated rings. The van der Waals surface area contributed by atoms with Crippen LogP contribution in [-0.2, 0) is 6.54 Å². The van der Waals surface area contributed by atoms with Gasteiger partial charge in [0.1, 0.15) is 13.2 Å². The van der Waals surface area contributed by atoms with Crippen LogP contribution in [0.5, 0.6) is 11.5 Å². The highest BCUT2D eigenvalue weighted by Crippen LogP contribution is 2.38. The summed E-state index contributed by atoms with van der Waals surface area (Å²) < 4.78 is 13.3. The number of rotatable bonds is 3. The summed E-state index contributed by atoms with van der Waals surface area (Å²) in [6.45, 7) is 4.00. The first kappa shape index (κ1) is 14.7. The van der Waals surface area contributed by atoms with Gasteiger partial charge in [-0.15, -0.1) is 0 Å². The van der Waals surface area contributed by atoms with Gasteiger partial charge >= 0.3 is 0 Å². The predicted octanol–water partition coefficient (Wildman–Crippen LogP) is 4.90. The van der Waals surface area contributed by atoms with Gasteiger partial charge in [-0.25, -0.2) is 0 Å². The molecule has 3 nitrogen and oxygen atoms in total. The van der Waals surface area contributed by atoms with E-state index in [4.69, 9.17) is 9.47 Å². The van der Waals surface area contributed by atoms with Crippen LogP contribution in [0, 0.1) is 6.92 Å². The molecule has 0 atom stereocenters. The molecule has 0 aromatic heterocycles. The van der Waals surface area contributed by atoms with Gasteiger partial charge < -0.3 is 14.8 Å². The van der Waals surface area contributed by atoms with Crippen molar-refractivity contribution < 1.29 is 9.47 Å². The fourth-order valence-corrected chi connectivity index (χ4v) is 3.16. The first-order valence-electron chi connectivity index (χ1n) is 6.71. The first-order valence-corrected chi connectivity index (χ1v) is 8.30. The Kier molecular flexibility index (Phi) is 4.40. The molecule has 2 aromatic carbocycles. The van der Waals surface area contributed by atoms with Crippen molar-refractivity contribution >= 4 is 37.5 Å². The van der Waals surface area contributed by atoms with Crippen LogP contribution in [0.2, 0.25) is 0 Å². The van der Waals surface area contributed by atoms with Crippen LogP contribution in [0.1, 0.15) is 11.1 Å². The average molecular weight is 413 g/mol. The second-order valence-corrected chi connectivity index (χ2v) is 6.63. The minimum Gasteiger partial charge on any atom is -0.486 e. The highest BCUT2D eigenvalue weighted by Gasteiger charge is 2.16. The maximum Gasteiger partial charge on any atom is 0.175 e. The van der Waals surface area contributed by atoms with Crippen molar-refractivity contribution in [3.8, 4) is 11.5 Å². The zero-order valence-corrected chi connectivity index (χ0v) is 14.8. The summed E-state index contributed by atoms with van der Waals surface area (Å²) in [7, 11) is 0. The lowest BCUT2D eigenvalue weighted by Crippen LogP contribution is -2.16. The van der Waals surface area contributed by atoms with Gasteiger partial charge in [-0.2, -0.15) is 0 Å². The third kappa shape index (κ3) is 3.35. The van der Waals surface area contributed by atoms with Crippen molar-refractivity contribution in [1.29, 1.82) is 0 Å². The maximum absolute atomic E-state index is 5.64. The first-order chi connectivity index (χ1) is 10.1. The second kappa shape index (κ2) is 6.28. The summed E-state index contributed by atoms with van der Waals surface area (Å²) in [6, 6.07) is 10.3. The van der Waals surface area contributed by atoms with Gasteiger partial charge in [0.2, 0.25) is 0 Å². The van der Waals surface area contributed by atoms with E-state index < -0.39 is 0 Å². The number of hydrogen-bond acceptors (Lipinski definition) is 3. The average Bonchev–Trinajstić information content (AvgIpc) is 2.49. The smallest absolute Gasteiger partial charge is 0.175 e. The van der Waals surface area contributed by atoms with Crippen molar-refractivity contribution in [2.75, 3.05) is 18.5 Å². The van der Waals surface area contributed by atoms with Crippen LogP contribution in [0.25, 0.3) is 0 Å². The largest absolute Gasteiger partial charge is 0.486 e. The van der Waals surface area contributed by atoms with Gasteiger partial charge in [0.05, 0.1) is 4.47 Å². The Hall–Kier alpha value is -1.20. The van der Waals surface area contributed by atoms with Gasteiger partial charge in [0.15, 0.2) is 11.5 Å². The molecule has 1 aliphatic rings. The predicted molar refractivity (Wildman–Crippen MR) is 91.3 cm³/mol.